The van der Waals surface area contributed by atoms with Gasteiger partial charge >= 0.3 is 0 Å². The number of aryl methyl sites for hydroxylation is 1. The van der Waals surface area contributed by atoms with E-state index < -0.39 is 0 Å². The van der Waals surface area contributed by atoms with Crippen molar-refractivity contribution < 1.29 is 4.74 Å². The SMILES string of the molecule is CCC1(C)CC(NCCc2ccccc2C)CCO1. The number of nitrogens with one attached hydrogen (secondary N) is 1. The Morgan fingerprint density at radius 3 is 2.89 bits per heavy atom. The quantitative estimate of drug-likeness (QED) is 0.876. The summed E-state index contributed by atoms with van der Waals surface area (Å²) < 4.78 is 5.89. The first-order valence-electron chi connectivity index (χ1n) is 7.55. The van der Waals surface area contributed by atoms with Crippen LogP contribution in [-0.2, 0) is 11.2 Å². The maximum Gasteiger partial charge on any atom is 0.0666 e. The summed E-state index contributed by atoms with van der Waals surface area (Å²) in [5.41, 5.74) is 2.94. The average molecular weight is 261 g/mol. The number of benzene rings is 1. The van der Waals surface area contributed by atoms with Crippen molar-refractivity contribution in [1.82, 2.24) is 5.32 Å². The maximum atomic E-state index is 5.89. The third-order valence-electron chi connectivity index (χ3n) is 4.43. The molecule has 0 bridgehead atoms. The van der Waals surface area contributed by atoms with E-state index in [1.54, 1.807) is 0 Å². The third-order valence-corrected chi connectivity index (χ3v) is 4.43. The number of ether oxygens (including phenoxy) is 1. The standard InChI is InChI=1S/C17H27NO/c1-4-17(3)13-16(10-12-19-17)18-11-9-15-8-6-5-7-14(15)2/h5-8,16,18H,4,9-13H2,1-3H3. The number of hydrogen-bond acceptors (Lipinski definition) is 2. The highest BCUT2D eigenvalue weighted by Gasteiger charge is 2.31. The summed E-state index contributed by atoms with van der Waals surface area (Å²) in [6.07, 6.45) is 4.50. The fourth-order valence-electron chi connectivity index (χ4n) is 2.85. The van der Waals surface area contributed by atoms with Gasteiger partial charge in [0.15, 0.2) is 0 Å². The van der Waals surface area contributed by atoms with Gasteiger partial charge in [-0.3, -0.25) is 0 Å². The van der Waals surface area contributed by atoms with Gasteiger partial charge in [-0.25, -0.2) is 0 Å². The van der Waals surface area contributed by atoms with E-state index in [9.17, 15) is 0 Å². The van der Waals surface area contributed by atoms with Crippen molar-refractivity contribution in [3.8, 4) is 0 Å². The molecule has 1 aliphatic heterocycles. The lowest BCUT2D eigenvalue weighted by molar-refractivity contribution is -0.0778. The molecule has 1 heterocycles. The Kier molecular flexibility index (Phi) is 5.00. The van der Waals surface area contributed by atoms with E-state index in [1.807, 2.05) is 0 Å². The first-order valence-corrected chi connectivity index (χ1v) is 7.55. The predicted octanol–water partition coefficient (Wildman–Crippen LogP) is 3.47. The Bertz CT molecular complexity index is 404. The Morgan fingerprint density at radius 2 is 2.16 bits per heavy atom. The molecule has 106 valence electrons. The molecular weight excluding hydrogens is 234 g/mol. The monoisotopic (exact) mass is 261 g/mol. The minimum absolute atomic E-state index is 0.0819. The van der Waals surface area contributed by atoms with E-state index >= 15 is 0 Å². The van der Waals surface area contributed by atoms with Gasteiger partial charge in [-0.15, -0.1) is 0 Å². The highest BCUT2D eigenvalue weighted by molar-refractivity contribution is 5.25. The zero-order chi connectivity index (χ0) is 13.7. The van der Waals surface area contributed by atoms with E-state index in [0.717, 1.165) is 38.8 Å². The van der Waals surface area contributed by atoms with Gasteiger partial charge in [0.2, 0.25) is 0 Å². The fourth-order valence-corrected chi connectivity index (χ4v) is 2.85. The second-order valence-electron chi connectivity index (χ2n) is 5.97. The maximum absolute atomic E-state index is 5.89. The lowest BCUT2D eigenvalue weighted by atomic mass is 9.90. The zero-order valence-electron chi connectivity index (χ0n) is 12.5. The Balaban J connectivity index is 1.78. The van der Waals surface area contributed by atoms with Gasteiger partial charge in [-0.1, -0.05) is 31.2 Å². The van der Waals surface area contributed by atoms with E-state index in [4.69, 9.17) is 4.74 Å². The fraction of sp³-hybridized carbons (Fsp3) is 0.647. The summed E-state index contributed by atoms with van der Waals surface area (Å²) in [5.74, 6) is 0. The van der Waals surface area contributed by atoms with Gasteiger partial charge in [0.05, 0.1) is 5.60 Å². The van der Waals surface area contributed by atoms with Gasteiger partial charge < -0.3 is 10.1 Å². The summed E-state index contributed by atoms with van der Waals surface area (Å²) in [7, 11) is 0. The zero-order valence-corrected chi connectivity index (χ0v) is 12.5. The first-order chi connectivity index (χ1) is 9.13. The molecule has 0 aliphatic carbocycles. The van der Waals surface area contributed by atoms with Crippen LogP contribution < -0.4 is 5.32 Å². The van der Waals surface area contributed by atoms with Crippen LogP contribution >= 0.6 is 0 Å². The van der Waals surface area contributed by atoms with Crippen LogP contribution in [0.3, 0.4) is 0 Å². The van der Waals surface area contributed by atoms with E-state index in [0.29, 0.717) is 6.04 Å². The van der Waals surface area contributed by atoms with Gasteiger partial charge in [0.25, 0.3) is 0 Å². The van der Waals surface area contributed by atoms with Crippen molar-refractivity contribution in [1.29, 1.82) is 0 Å². The van der Waals surface area contributed by atoms with Crippen LogP contribution in [0.5, 0.6) is 0 Å². The molecule has 2 rings (SSSR count). The molecule has 1 aromatic rings. The molecule has 0 saturated carbocycles. The van der Waals surface area contributed by atoms with E-state index in [2.05, 4.69) is 50.4 Å². The minimum atomic E-state index is 0.0819. The summed E-state index contributed by atoms with van der Waals surface area (Å²) >= 11 is 0. The topological polar surface area (TPSA) is 21.3 Å². The third kappa shape index (κ3) is 4.05. The molecule has 1 N–H and O–H groups in total. The van der Waals surface area contributed by atoms with Gasteiger partial charge in [0.1, 0.15) is 0 Å². The molecule has 0 spiro atoms. The first kappa shape index (κ1) is 14.5. The molecular formula is C17H27NO. The van der Waals surface area contributed by atoms with E-state index in [1.165, 1.54) is 11.1 Å². The normalized spacial score (nSPS) is 27.4. The van der Waals surface area contributed by atoms with E-state index in [-0.39, 0.29) is 5.60 Å². The molecule has 1 saturated heterocycles. The lowest BCUT2D eigenvalue weighted by Gasteiger charge is -2.38. The molecule has 1 aliphatic rings. The summed E-state index contributed by atoms with van der Waals surface area (Å²) in [6.45, 7) is 8.61. The molecule has 2 atom stereocenters. The van der Waals surface area contributed by atoms with Crippen LogP contribution in [0, 0.1) is 6.92 Å². The van der Waals surface area contributed by atoms with Crippen LogP contribution in [0.1, 0.15) is 44.2 Å². The van der Waals surface area contributed by atoms with Crippen LogP contribution in [0.25, 0.3) is 0 Å². The molecule has 0 amide bonds. The molecule has 19 heavy (non-hydrogen) atoms. The van der Waals surface area contributed by atoms with Crippen molar-refractivity contribution in [2.24, 2.45) is 0 Å². The van der Waals surface area contributed by atoms with Crippen LogP contribution in [0.4, 0.5) is 0 Å². The van der Waals surface area contributed by atoms with Crippen molar-refractivity contribution >= 4 is 0 Å². The number of hydrogen-bond donors (Lipinski definition) is 1. The number of rotatable bonds is 5. The Hall–Kier alpha value is -0.860. The van der Waals surface area contributed by atoms with Crippen molar-refractivity contribution in [2.45, 2.75) is 58.1 Å². The van der Waals surface area contributed by atoms with Gasteiger partial charge in [-0.2, -0.15) is 0 Å². The minimum Gasteiger partial charge on any atom is -0.375 e. The second-order valence-corrected chi connectivity index (χ2v) is 5.97. The Morgan fingerprint density at radius 1 is 1.37 bits per heavy atom. The molecule has 2 nitrogen and oxygen atoms in total. The smallest absolute Gasteiger partial charge is 0.0666 e. The van der Waals surface area contributed by atoms with Crippen molar-refractivity contribution in [3.63, 3.8) is 0 Å². The average Bonchev–Trinajstić information content (AvgIpc) is 2.41. The highest BCUT2D eigenvalue weighted by Crippen LogP contribution is 2.27. The summed E-state index contributed by atoms with van der Waals surface area (Å²) in [4.78, 5) is 0. The summed E-state index contributed by atoms with van der Waals surface area (Å²) in [6, 6.07) is 9.28. The summed E-state index contributed by atoms with van der Waals surface area (Å²) in [5, 5.41) is 3.71. The van der Waals surface area contributed by atoms with Crippen LogP contribution in [0.2, 0.25) is 0 Å². The van der Waals surface area contributed by atoms with Gasteiger partial charge in [0, 0.05) is 12.6 Å². The second kappa shape index (κ2) is 6.53. The largest absolute Gasteiger partial charge is 0.375 e. The van der Waals surface area contributed by atoms with Crippen LogP contribution in [0.15, 0.2) is 24.3 Å². The van der Waals surface area contributed by atoms with Crippen molar-refractivity contribution in [2.75, 3.05) is 13.2 Å². The Labute approximate surface area is 117 Å². The molecule has 0 radical (unpaired) electrons. The van der Waals surface area contributed by atoms with Crippen LogP contribution in [-0.4, -0.2) is 24.8 Å². The molecule has 2 unspecified atom stereocenters. The highest BCUT2D eigenvalue weighted by atomic mass is 16.5. The predicted molar refractivity (Wildman–Crippen MR) is 80.6 cm³/mol. The molecule has 2 heteroatoms. The van der Waals surface area contributed by atoms with Crippen molar-refractivity contribution in [3.05, 3.63) is 35.4 Å². The molecule has 0 aromatic heterocycles. The lowest BCUT2D eigenvalue weighted by Crippen LogP contribution is -2.45. The molecule has 1 fully saturated rings. The molecule has 1 aromatic carbocycles. The van der Waals surface area contributed by atoms with Gasteiger partial charge in [-0.05, 0) is 57.2 Å².